The summed E-state index contributed by atoms with van der Waals surface area (Å²) in [5, 5.41) is 5.56. The highest BCUT2D eigenvalue weighted by atomic mass is 16.5. The molecule has 1 saturated heterocycles. The monoisotopic (exact) mass is 395 g/mol. The van der Waals surface area contributed by atoms with Crippen LogP contribution in [0.4, 0.5) is 11.4 Å². The van der Waals surface area contributed by atoms with Crippen molar-refractivity contribution in [2.45, 2.75) is 32.7 Å². The summed E-state index contributed by atoms with van der Waals surface area (Å²) in [6.07, 6.45) is -0.0984. The highest BCUT2D eigenvalue weighted by Crippen LogP contribution is 2.25. The van der Waals surface area contributed by atoms with E-state index in [0.717, 1.165) is 16.8 Å². The lowest BCUT2D eigenvalue weighted by Crippen LogP contribution is -2.38. The number of rotatable bonds is 6. The van der Waals surface area contributed by atoms with Crippen LogP contribution >= 0.6 is 0 Å². The lowest BCUT2D eigenvalue weighted by atomic mass is 10.1. The Balaban J connectivity index is 1.55. The summed E-state index contributed by atoms with van der Waals surface area (Å²) < 4.78 is 5.20. The fourth-order valence-corrected chi connectivity index (χ4v) is 3.34. The minimum Gasteiger partial charge on any atom is -0.497 e. The Morgan fingerprint density at radius 3 is 2.66 bits per heavy atom. The molecule has 2 N–H and O–H groups in total. The summed E-state index contributed by atoms with van der Waals surface area (Å²) in [5.74, 6) is -0.211. The minimum absolute atomic E-state index is 0.0802. The Labute approximate surface area is 170 Å². The molecule has 7 heteroatoms. The van der Waals surface area contributed by atoms with Crippen molar-refractivity contribution in [3.05, 3.63) is 53.6 Å². The predicted molar refractivity (Wildman–Crippen MR) is 111 cm³/mol. The van der Waals surface area contributed by atoms with Gasteiger partial charge in [0.1, 0.15) is 12.2 Å². The van der Waals surface area contributed by atoms with E-state index < -0.39 is 5.91 Å². The number of hydrogen-bond donors (Lipinski definition) is 2. The van der Waals surface area contributed by atoms with Crippen molar-refractivity contribution in [1.82, 2.24) is 5.32 Å². The Morgan fingerprint density at radius 1 is 1.14 bits per heavy atom. The SMILES string of the molecule is COc1cccc(N2CC(NC(=O)CC(=O)Nc3cccc(C)c3C)CC2=O)c1. The number of aryl methyl sites for hydroxylation is 1. The minimum atomic E-state index is -0.405. The fourth-order valence-electron chi connectivity index (χ4n) is 3.34. The molecule has 29 heavy (non-hydrogen) atoms. The molecule has 0 radical (unpaired) electrons. The molecular weight excluding hydrogens is 370 g/mol. The van der Waals surface area contributed by atoms with Crippen LogP contribution in [0.3, 0.4) is 0 Å². The van der Waals surface area contributed by atoms with Crippen molar-refractivity contribution in [1.29, 1.82) is 0 Å². The summed E-state index contributed by atoms with van der Waals surface area (Å²) in [5.41, 5.74) is 3.45. The smallest absolute Gasteiger partial charge is 0.233 e. The number of nitrogens with zero attached hydrogens (tertiary/aromatic N) is 1. The zero-order chi connectivity index (χ0) is 21.0. The zero-order valence-electron chi connectivity index (χ0n) is 16.8. The molecular formula is C22H25N3O4. The third-order valence-corrected chi connectivity index (χ3v) is 5.05. The van der Waals surface area contributed by atoms with Crippen molar-refractivity contribution in [2.24, 2.45) is 0 Å². The maximum absolute atomic E-state index is 12.4. The molecule has 0 saturated carbocycles. The maximum atomic E-state index is 12.4. The molecule has 1 aliphatic rings. The van der Waals surface area contributed by atoms with Crippen molar-refractivity contribution in [3.63, 3.8) is 0 Å². The van der Waals surface area contributed by atoms with E-state index >= 15 is 0 Å². The van der Waals surface area contributed by atoms with Gasteiger partial charge >= 0.3 is 0 Å². The van der Waals surface area contributed by atoms with Crippen LogP contribution in [0, 0.1) is 13.8 Å². The van der Waals surface area contributed by atoms with Crippen LogP contribution in [0.1, 0.15) is 24.0 Å². The summed E-state index contributed by atoms with van der Waals surface area (Å²) in [6, 6.07) is 12.5. The Hall–Kier alpha value is -3.35. The molecule has 3 amide bonds. The molecule has 1 aliphatic heterocycles. The van der Waals surface area contributed by atoms with Crippen LogP contribution in [0.5, 0.6) is 5.75 Å². The van der Waals surface area contributed by atoms with E-state index in [4.69, 9.17) is 4.74 Å². The number of methoxy groups -OCH3 is 1. The number of ether oxygens (including phenoxy) is 1. The van der Waals surface area contributed by atoms with E-state index in [-0.39, 0.29) is 30.7 Å². The highest BCUT2D eigenvalue weighted by molar-refractivity contribution is 6.04. The molecule has 0 aromatic heterocycles. The van der Waals surface area contributed by atoms with Crippen LogP contribution in [-0.4, -0.2) is 37.4 Å². The third kappa shape index (κ3) is 4.93. The van der Waals surface area contributed by atoms with E-state index in [2.05, 4.69) is 10.6 Å². The summed E-state index contributed by atoms with van der Waals surface area (Å²) >= 11 is 0. The Morgan fingerprint density at radius 2 is 1.90 bits per heavy atom. The van der Waals surface area contributed by atoms with E-state index in [1.54, 1.807) is 30.2 Å². The van der Waals surface area contributed by atoms with Crippen LogP contribution < -0.4 is 20.3 Å². The molecule has 0 aliphatic carbocycles. The van der Waals surface area contributed by atoms with E-state index in [9.17, 15) is 14.4 Å². The van der Waals surface area contributed by atoms with Crippen molar-refractivity contribution in [3.8, 4) is 5.75 Å². The van der Waals surface area contributed by atoms with Gasteiger partial charge in [-0.1, -0.05) is 18.2 Å². The average molecular weight is 395 g/mol. The summed E-state index contributed by atoms with van der Waals surface area (Å²) in [7, 11) is 1.57. The molecule has 2 aromatic rings. The first-order valence-electron chi connectivity index (χ1n) is 9.47. The van der Waals surface area contributed by atoms with E-state index in [1.807, 2.05) is 38.1 Å². The van der Waals surface area contributed by atoms with Gasteiger partial charge in [-0.2, -0.15) is 0 Å². The van der Waals surface area contributed by atoms with Crippen LogP contribution in [-0.2, 0) is 14.4 Å². The number of amides is 3. The molecule has 3 rings (SSSR count). The third-order valence-electron chi connectivity index (χ3n) is 5.05. The standard InChI is InChI=1S/C22H25N3O4/c1-14-6-4-9-19(15(14)2)24-21(27)12-20(26)23-16-10-22(28)25(13-16)17-7-5-8-18(11-17)29-3/h4-9,11,16H,10,12-13H2,1-3H3,(H,23,26)(H,24,27). The summed E-state index contributed by atoms with van der Waals surface area (Å²) in [6.45, 7) is 4.24. The molecule has 0 bridgehead atoms. The molecule has 2 aromatic carbocycles. The molecule has 1 fully saturated rings. The number of nitrogens with one attached hydrogen (secondary N) is 2. The van der Waals surface area contributed by atoms with Gasteiger partial charge in [0.15, 0.2) is 0 Å². The van der Waals surface area contributed by atoms with Gasteiger partial charge in [-0.25, -0.2) is 0 Å². The maximum Gasteiger partial charge on any atom is 0.233 e. The van der Waals surface area contributed by atoms with E-state index in [1.165, 1.54) is 0 Å². The topological polar surface area (TPSA) is 87.7 Å². The largest absolute Gasteiger partial charge is 0.497 e. The van der Waals surface area contributed by atoms with Gasteiger partial charge in [0.2, 0.25) is 17.7 Å². The van der Waals surface area contributed by atoms with Gasteiger partial charge < -0.3 is 20.3 Å². The first-order valence-corrected chi connectivity index (χ1v) is 9.47. The first-order chi connectivity index (χ1) is 13.9. The molecule has 0 spiro atoms. The zero-order valence-corrected chi connectivity index (χ0v) is 16.8. The van der Waals surface area contributed by atoms with Gasteiger partial charge in [-0.3, -0.25) is 14.4 Å². The molecule has 1 atom stereocenters. The average Bonchev–Trinajstić information content (AvgIpc) is 3.05. The number of carbonyl (C=O) groups is 3. The summed E-state index contributed by atoms with van der Waals surface area (Å²) in [4.78, 5) is 38.5. The Bertz CT molecular complexity index is 941. The van der Waals surface area contributed by atoms with E-state index in [0.29, 0.717) is 18.0 Å². The lowest BCUT2D eigenvalue weighted by Gasteiger charge is -2.18. The number of hydrogen-bond acceptors (Lipinski definition) is 4. The van der Waals surface area contributed by atoms with Gasteiger partial charge in [0.05, 0.1) is 13.2 Å². The first kappa shape index (κ1) is 20.4. The molecule has 1 heterocycles. The number of carbonyl (C=O) groups excluding carboxylic acids is 3. The fraction of sp³-hybridized carbons (Fsp3) is 0.318. The number of benzene rings is 2. The van der Waals surface area contributed by atoms with Gasteiger partial charge in [0.25, 0.3) is 0 Å². The van der Waals surface area contributed by atoms with Crippen LogP contribution in [0.2, 0.25) is 0 Å². The van der Waals surface area contributed by atoms with Crippen molar-refractivity contribution >= 4 is 29.1 Å². The Kier molecular flexibility index (Phi) is 6.16. The quantitative estimate of drug-likeness (QED) is 0.736. The van der Waals surface area contributed by atoms with Gasteiger partial charge in [0, 0.05) is 30.4 Å². The second-order valence-electron chi connectivity index (χ2n) is 7.15. The normalized spacial score (nSPS) is 15.9. The molecule has 1 unspecified atom stereocenters. The van der Waals surface area contributed by atoms with Gasteiger partial charge in [-0.15, -0.1) is 0 Å². The van der Waals surface area contributed by atoms with Crippen molar-refractivity contribution in [2.75, 3.05) is 23.9 Å². The molecule has 7 nitrogen and oxygen atoms in total. The van der Waals surface area contributed by atoms with Crippen LogP contribution in [0.15, 0.2) is 42.5 Å². The second-order valence-corrected chi connectivity index (χ2v) is 7.15. The van der Waals surface area contributed by atoms with Crippen molar-refractivity contribution < 1.29 is 19.1 Å². The predicted octanol–water partition coefficient (Wildman–Crippen LogP) is 2.56. The number of anilines is 2. The molecule has 152 valence electrons. The highest BCUT2D eigenvalue weighted by Gasteiger charge is 2.32. The second kappa shape index (κ2) is 8.77. The van der Waals surface area contributed by atoms with Crippen LogP contribution in [0.25, 0.3) is 0 Å². The lowest BCUT2D eigenvalue weighted by molar-refractivity contribution is -0.127. The van der Waals surface area contributed by atoms with Gasteiger partial charge in [-0.05, 0) is 43.2 Å².